The quantitative estimate of drug-likeness (QED) is 0.804. The van der Waals surface area contributed by atoms with E-state index in [0.717, 1.165) is 5.56 Å². The van der Waals surface area contributed by atoms with Crippen LogP contribution in [0.3, 0.4) is 0 Å². The number of hydrogen-bond acceptors (Lipinski definition) is 7. The minimum absolute atomic E-state index is 0.179. The lowest BCUT2D eigenvalue weighted by atomic mass is 10.00. The molecule has 1 heterocycles. The van der Waals surface area contributed by atoms with Crippen LogP contribution in [0, 0.1) is 6.92 Å². The van der Waals surface area contributed by atoms with Crippen molar-refractivity contribution in [3.63, 3.8) is 0 Å². The van der Waals surface area contributed by atoms with Crippen LogP contribution in [0.1, 0.15) is 19.4 Å². The highest BCUT2D eigenvalue weighted by Crippen LogP contribution is 2.25. The fourth-order valence-electron chi connectivity index (χ4n) is 2.28. The Labute approximate surface area is 140 Å². The maximum Gasteiger partial charge on any atom is 0.358 e. The molecule has 0 aliphatic carbocycles. The predicted molar refractivity (Wildman–Crippen MR) is 87.3 cm³/mol. The van der Waals surface area contributed by atoms with Gasteiger partial charge < -0.3 is 29.2 Å². The van der Waals surface area contributed by atoms with E-state index in [1.54, 1.807) is 26.0 Å². The van der Waals surface area contributed by atoms with Gasteiger partial charge in [0.1, 0.15) is 18.0 Å². The Kier molecular flexibility index (Phi) is 6.32. The predicted octanol–water partition coefficient (Wildman–Crippen LogP) is 1.55. The monoisotopic (exact) mass is 342 g/mol. The molecule has 1 aliphatic heterocycles. The van der Waals surface area contributed by atoms with Crippen molar-refractivity contribution in [2.45, 2.75) is 51.5 Å². The number of ether oxygens (including phenoxy) is 4. The largest absolute Gasteiger partial charge is 0.447 e. The van der Waals surface area contributed by atoms with Gasteiger partial charge in [-0.05, 0) is 32.9 Å². The van der Waals surface area contributed by atoms with E-state index in [4.69, 9.17) is 31.2 Å². The summed E-state index contributed by atoms with van der Waals surface area (Å²) >= 11 is 5.05. The topological polar surface area (TPSA) is 77.4 Å². The highest BCUT2D eigenvalue weighted by atomic mass is 32.1. The number of aryl methyl sites for hydroxylation is 1. The SMILES string of the molecule is CCO[C@@H]1O[C@@H](C)[C@H](O)[C@@H](OC(=S)Oc2ccc(C)cc2)[C@H]1O. The Morgan fingerprint density at radius 2 is 1.87 bits per heavy atom. The van der Waals surface area contributed by atoms with Crippen molar-refractivity contribution in [2.24, 2.45) is 0 Å². The van der Waals surface area contributed by atoms with Gasteiger partial charge in [-0.15, -0.1) is 0 Å². The number of hydrogen-bond donors (Lipinski definition) is 2. The van der Waals surface area contributed by atoms with Crippen LogP contribution in [0.4, 0.5) is 0 Å². The van der Waals surface area contributed by atoms with Crippen molar-refractivity contribution >= 4 is 17.5 Å². The van der Waals surface area contributed by atoms with E-state index in [-0.39, 0.29) is 5.24 Å². The number of aliphatic hydroxyl groups excluding tert-OH is 2. The number of thiocarbonyl (C=S) groups is 1. The summed E-state index contributed by atoms with van der Waals surface area (Å²) in [5, 5.41) is 20.2. The summed E-state index contributed by atoms with van der Waals surface area (Å²) in [6, 6.07) is 7.27. The zero-order chi connectivity index (χ0) is 17.0. The molecular formula is C16H22O6S. The van der Waals surface area contributed by atoms with Gasteiger partial charge in [0.2, 0.25) is 0 Å². The smallest absolute Gasteiger partial charge is 0.358 e. The van der Waals surface area contributed by atoms with Crippen molar-refractivity contribution in [1.82, 2.24) is 0 Å². The first-order valence-electron chi connectivity index (χ1n) is 7.50. The van der Waals surface area contributed by atoms with E-state index < -0.39 is 30.7 Å². The Morgan fingerprint density at radius 1 is 1.22 bits per heavy atom. The van der Waals surface area contributed by atoms with Crippen molar-refractivity contribution in [3.8, 4) is 5.75 Å². The Morgan fingerprint density at radius 3 is 2.48 bits per heavy atom. The van der Waals surface area contributed by atoms with Crippen LogP contribution in [-0.4, -0.2) is 52.8 Å². The van der Waals surface area contributed by atoms with E-state index >= 15 is 0 Å². The standard InChI is InChI=1S/C16H22O6S/c1-4-19-15-13(18)14(12(17)10(3)20-15)22-16(23)21-11-7-5-9(2)6-8-11/h5-8,10,12-15,17-18H,4H2,1-3H3/t10-,12-,13+,14+,15+/m0/s1. The maximum absolute atomic E-state index is 10.2. The molecule has 23 heavy (non-hydrogen) atoms. The average molecular weight is 342 g/mol. The summed E-state index contributed by atoms with van der Waals surface area (Å²) in [5.41, 5.74) is 1.09. The maximum atomic E-state index is 10.2. The average Bonchev–Trinajstić information content (AvgIpc) is 2.51. The van der Waals surface area contributed by atoms with E-state index in [2.05, 4.69) is 0 Å². The van der Waals surface area contributed by atoms with Crippen molar-refractivity contribution in [3.05, 3.63) is 29.8 Å². The lowest BCUT2D eigenvalue weighted by molar-refractivity contribution is -0.290. The van der Waals surface area contributed by atoms with Crippen LogP contribution in [-0.2, 0) is 14.2 Å². The van der Waals surface area contributed by atoms with E-state index in [1.165, 1.54) is 0 Å². The second-order valence-corrected chi connectivity index (χ2v) is 5.73. The molecule has 1 fully saturated rings. The van der Waals surface area contributed by atoms with E-state index in [9.17, 15) is 10.2 Å². The van der Waals surface area contributed by atoms with Gasteiger partial charge >= 0.3 is 5.24 Å². The number of aliphatic hydroxyl groups is 2. The summed E-state index contributed by atoms with van der Waals surface area (Å²) in [7, 11) is 0. The van der Waals surface area contributed by atoms with E-state index in [0.29, 0.717) is 12.4 Å². The molecule has 1 aliphatic rings. The summed E-state index contributed by atoms with van der Waals surface area (Å²) in [4.78, 5) is 0. The van der Waals surface area contributed by atoms with Crippen molar-refractivity contribution in [1.29, 1.82) is 0 Å². The van der Waals surface area contributed by atoms with Gasteiger partial charge in [-0.1, -0.05) is 17.7 Å². The van der Waals surface area contributed by atoms with Crippen LogP contribution in [0.25, 0.3) is 0 Å². The molecule has 0 bridgehead atoms. The molecule has 1 aromatic carbocycles. The summed E-state index contributed by atoms with van der Waals surface area (Å²) in [5.74, 6) is 0.519. The lowest BCUT2D eigenvalue weighted by Gasteiger charge is -2.40. The molecule has 0 aromatic heterocycles. The summed E-state index contributed by atoms with van der Waals surface area (Å²) in [6.07, 6.45) is -4.68. The second-order valence-electron chi connectivity index (χ2n) is 5.39. The Balaban J connectivity index is 2.00. The van der Waals surface area contributed by atoms with Gasteiger partial charge in [0, 0.05) is 18.8 Å². The molecule has 1 saturated heterocycles. The first kappa shape index (κ1) is 18.1. The van der Waals surface area contributed by atoms with Crippen molar-refractivity contribution < 1.29 is 29.2 Å². The molecule has 5 atom stereocenters. The second kappa shape index (κ2) is 8.03. The number of rotatable bonds is 4. The van der Waals surface area contributed by atoms with Crippen LogP contribution >= 0.6 is 12.2 Å². The normalized spacial score (nSPS) is 30.7. The molecule has 0 spiro atoms. The van der Waals surface area contributed by atoms with Gasteiger partial charge in [-0.3, -0.25) is 0 Å². The molecule has 0 saturated carbocycles. The first-order valence-corrected chi connectivity index (χ1v) is 7.91. The summed E-state index contributed by atoms with van der Waals surface area (Å²) in [6.45, 7) is 5.78. The fourth-order valence-corrected chi connectivity index (χ4v) is 2.48. The lowest BCUT2D eigenvalue weighted by Crippen LogP contribution is -2.59. The minimum atomic E-state index is -1.18. The minimum Gasteiger partial charge on any atom is -0.447 e. The molecule has 1 aromatic rings. The molecule has 0 amide bonds. The molecular weight excluding hydrogens is 320 g/mol. The van der Waals surface area contributed by atoms with Crippen LogP contribution in [0.2, 0.25) is 0 Å². The van der Waals surface area contributed by atoms with Gasteiger partial charge in [-0.2, -0.15) is 0 Å². The van der Waals surface area contributed by atoms with Crippen LogP contribution in [0.15, 0.2) is 24.3 Å². The third-order valence-corrected chi connectivity index (χ3v) is 3.75. The third kappa shape index (κ3) is 4.62. The first-order chi connectivity index (χ1) is 10.9. The van der Waals surface area contributed by atoms with Crippen LogP contribution < -0.4 is 4.74 Å². The molecule has 0 unspecified atom stereocenters. The Bertz CT molecular complexity index is 520. The zero-order valence-electron chi connectivity index (χ0n) is 13.3. The molecule has 128 valence electrons. The molecule has 2 N–H and O–H groups in total. The molecule has 2 rings (SSSR count). The van der Waals surface area contributed by atoms with Gasteiger partial charge in [-0.25, -0.2) is 0 Å². The zero-order valence-corrected chi connectivity index (χ0v) is 14.2. The van der Waals surface area contributed by atoms with Gasteiger partial charge in [0.25, 0.3) is 0 Å². The molecule has 6 nitrogen and oxygen atoms in total. The highest BCUT2D eigenvalue weighted by Gasteiger charge is 2.45. The third-order valence-electron chi connectivity index (χ3n) is 3.57. The number of benzene rings is 1. The summed E-state index contributed by atoms with van der Waals surface area (Å²) < 4.78 is 21.6. The molecule has 7 heteroatoms. The highest BCUT2D eigenvalue weighted by molar-refractivity contribution is 7.79. The van der Waals surface area contributed by atoms with Gasteiger partial charge in [0.05, 0.1) is 6.10 Å². The van der Waals surface area contributed by atoms with Crippen molar-refractivity contribution in [2.75, 3.05) is 6.61 Å². The van der Waals surface area contributed by atoms with E-state index in [1.807, 2.05) is 19.1 Å². The van der Waals surface area contributed by atoms with Crippen LogP contribution in [0.5, 0.6) is 5.75 Å². The molecule has 0 radical (unpaired) electrons. The fraction of sp³-hybridized carbons (Fsp3) is 0.562. The van der Waals surface area contributed by atoms with Gasteiger partial charge in [0.15, 0.2) is 12.4 Å². The Hall–Kier alpha value is -1.25.